The maximum atomic E-state index is 12.9. The van der Waals surface area contributed by atoms with E-state index >= 15 is 0 Å². The number of benzene rings is 1. The second-order valence-corrected chi connectivity index (χ2v) is 12.1. The molecule has 0 bridgehead atoms. The number of ketones is 1. The van der Waals surface area contributed by atoms with Gasteiger partial charge in [-0.2, -0.15) is 0 Å². The van der Waals surface area contributed by atoms with Gasteiger partial charge in [0.25, 0.3) is 0 Å². The van der Waals surface area contributed by atoms with Gasteiger partial charge in [0.1, 0.15) is 25.9 Å². The number of hydrogen-bond acceptors (Lipinski definition) is 9. The molecule has 2 aromatic rings. The quantitative estimate of drug-likeness (QED) is 0.0439. The fourth-order valence-corrected chi connectivity index (χ4v) is 5.17. The number of pyridine rings is 1. The second kappa shape index (κ2) is 20.9. The number of imide groups is 1. The Morgan fingerprint density at radius 1 is 0.863 bits per heavy atom. The molecule has 2 atom stereocenters. The third kappa shape index (κ3) is 14.5. The van der Waals surface area contributed by atoms with Crippen LogP contribution < -0.4 is 31.2 Å². The fourth-order valence-electron chi connectivity index (χ4n) is 5.17. The molecule has 16 nitrogen and oxygen atoms in total. The van der Waals surface area contributed by atoms with Crippen LogP contribution in [0.3, 0.4) is 0 Å². The molecule has 16 heteroatoms. The predicted molar refractivity (Wildman–Crippen MR) is 181 cm³/mol. The van der Waals surface area contributed by atoms with Gasteiger partial charge in [-0.05, 0) is 12.5 Å². The number of likely N-dealkylation sites (tertiary alicyclic amines) is 1. The summed E-state index contributed by atoms with van der Waals surface area (Å²) >= 11 is 0. The molecule has 7 amide bonds. The number of nitrogens with zero attached hydrogens (tertiary/aromatic N) is 2. The van der Waals surface area contributed by atoms with Crippen LogP contribution in [0.4, 0.5) is 0 Å². The smallest absolute Gasteiger partial charge is 0.243 e. The highest BCUT2D eigenvalue weighted by molar-refractivity contribution is 6.03. The Labute approximate surface area is 296 Å². The summed E-state index contributed by atoms with van der Waals surface area (Å²) in [6.07, 6.45) is 3.30. The Bertz CT molecular complexity index is 1570. The minimum atomic E-state index is -1.06. The van der Waals surface area contributed by atoms with E-state index in [9.17, 15) is 38.4 Å². The largest absolute Gasteiger partial charge is 0.354 e. The van der Waals surface area contributed by atoms with Crippen molar-refractivity contribution >= 4 is 47.1 Å². The van der Waals surface area contributed by atoms with Gasteiger partial charge in [0.05, 0.1) is 26.1 Å². The molecule has 0 spiro atoms. The molecule has 0 radical (unpaired) electrons. The van der Waals surface area contributed by atoms with Gasteiger partial charge in [-0.15, -0.1) is 0 Å². The average molecular weight is 709 g/mol. The van der Waals surface area contributed by atoms with Gasteiger partial charge in [-0.1, -0.05) is 43.3 Å². The highest BCUT2D eigenvalue weighted by Gasteiger charge is 2.35. The minimum Gasteiger partial charge on any atom is -0.354 e. The van der Waals surface area contributed by atoms with Gasteiger partial charge in [0.15, 0.2) is 17.7 Å². The van der Waals surface area contributed by atoms with E-state index in [1.54, 1.807) is 37.3 Å². The first-order chi connectivity index (χ1) is 24.4. The number of Topliss-reactive ketones (excluding diaryl/α,β-unsaturated/α-hetero) is 1. The molecule has 3 rings (SSSR count). The lowest BCUT2D eigenvalue weighted by Crippen LogP contribution is -2.52. The highest BCUT2D eigenvalue weighted by atomic mass is 16.5. The number of aryl methyl sites for hydroxylation is 1. The van der Waals surface area contributed by atoms with E-state index in [0.29, 0.717) is 25.9 Å². The molecule has 1 saturated heterocycles. The van der Waals surface area contributed by atoms with E-state index in [4.69, 9.17) is 4.74 Å². The molecule has 0 saturated carbocycles. The van der Waals surface area contributed by atoms with E-state index in [2.05, 4.69) is 26.6 Å². The van der Waals surface area contributed by atoms with E-state index in [0.717, 1.165) is 11.3 Å². The Kier molecular flexibility index (Phi) is 16.3. The Morgan fingerprint density at radius 3 is 2.24 bits per heavy atom. The number of ether oxygens (including phenoxy) is 1. The molecule has 1 aliphatic rings. The van der Waals surface area contributed by atoms with Crippen molar-refractivity contribution in [2.24, 2.45) is 5.92 Å². The van der Waals surface area contributed by atoms with Crippen molar-refractivity contribution in [2.45, 2.75) is 58.5 Å². The molecular weight excluding hydrogens is 662 g/mol. The molecule has 2 heterocycles. The summed E-state index contributed by atoms with van der Waals surface area (Å²) in [5.41, 5.74) is 1.66. The highest BCUT2D eigenvalue weighted by Crippen LogP contribution is 2.18. The third-order valence-electron chi connectivity index (χ3n) is 7.83. The minimum absolute atomic E-state index is 0.117. The molecule has 274 valence electrons. The Morgan fingerprint density at radius 2 is 1.53 bits per heavy atom. The molecule has 1 aromatic heterocycles. The van der Waals surface area contributed by atoms with Crippen LogP contribution in [0.25, 0.3) is 0 Å². The van der Waals surface area contributed by atoms with Gasteiger partial charge in [-0.3, -0.25) is 43.3 Å². The van der Waals surface area contributed by atoms with Crippen LogP contribution >= 0.6 is 0 Å². The molecule has 0 aliphatic carbocycles. The van der Waals surface area contributed by atoms with Crippen molar-refractivity contribution in [1.29, 1.82) is 0 Å². The van der Waals surface area contributed by atoms with Crippen molar-refractivity contribution in [1.82, 2.24) is 31.5 Å². The lowest BCUT2D eigenvalue weighted by Gasteiger charge is -2.19. The van der Waals surface area contributed by atoms with Gasteiger partial charge in [0.2, 0.25) is 41.4 Å². The number of hydrogen-bond donors (Lipinski definition) is 5. The summed E-state index contributed by atoms with van der Waals surface area (Å²) in [7, 11) is 0. The van der Waals surface area contributed by atoms with Gasteiger partial charge in [-0.25, -0.2) is 4.57 Å². The van der Waals surface area contributed by atoms with E-state index in [1.165, 1.54) is 11.8 Å². The third-order valence-corrected chi connectivity index (χ3v) is 7.83. The lowest BCUT2D eigenvalue weighted by molar-refractivity contribution is -0.704. The number of nitrogens with one attached hydrogen (secondary N) is 5. The molecule has 1 unspecified atom stereocenters. The zero-order valence-corrected chi connectivity index (χ0v) is 28.9. The van der Waals surface area contributed by atoms with Gasteiger partial charge in [0, 0.05) is 50.3 Å². The van der Waals surface area contributed by atoms with Crippen LogP contribution in [0, 0.1) is 5.92 Å². The van der Waals surface area contributed by atoms with Crippen LogP contribution in [-0.4, -0.2) is 97.6 Å². The maximum Gasteiger partial charge on any atom is 0.243 e. The Balaban J connectivity index is 1.38. The number of carbonyl (C=O) groups excluding carboxylic acids is 8. The molecule has 1 aromatic carbocycles. The van der Waals surface area contributed by atoms with Crippen LogP contribution in [0.5, 0.6) is 0 Å². The van der Waals surface area contributed by atoms with Crippen LogP contribution in [-0.2, 0) is 62.5 Å². The first-order valence-corrected chi connectivity index (χ1v) is 16.7. The van der Waals surface area contributed by atoms with Crippen molar-refractivity contribution in [3.8, 4) is 0 Å². The number of carbonyl (C=O) groups is 8. The van der Waals surface area contributed by atoms with Crippen LogP contribution in [0.1, 0.15) is 44.4 Å². The van der Waals surface area contributed by atoms with Gasteiger partial charge < -0.3 is 31.3 Å². The first-order valence-electron chi connectivity index (χ1n) is 16.7. The van der Waals surface area contributed by atoms with Crippen molar-refractivity contribution in [2.75, 3.05) is 39.5 Å². The first kappa shape index (κ1) is 39.9. The second-order valence-electron chi connectivity index (χ2n) is 12.1. The molecule has 51 heavy (non-hydrogen) atoms. The summed E-state index contributed by atoms with van der Waals surface area (Å²) < 4.78 is 6.93. The summed E-state index contributed by atoms with van der Waals surface area (Å²) in [5, 5.41) is 12.4. The Hall–Kier alpha value is -5.51. The number of aromatic nitrogens is 1. The van der Waals surface area contributed by atoms with Crippen LogP contribution in [0.15, 0.2) is 54.7 Å². The summed E-state index contributed by atoms with van der Waals surface area (Å²) in [6, 6.07) is 13.5. The van der Waals surface area contributed by atoms with Crippen molar-refractivity contribution in [3.63, 3.8) is 0 Å². The average Bonchev–Trinajstić information content (AvgIpc) is 3.35. The molecule has 5 N–H and O–H groups in total. The van der Waals surface area contributed by atoms with Crippen molar-refractivity contribution in [3.05, 3.63) is 66.0 Å². The topological polar surface area (TPSA) is 213 Å². The molecule has 1 fully saturated rings. The lowest BCUT2D eigenvalue weighted by atomic mass is 10.1. The maximum absolute atomic E-state index is 12.9. The summed E-state index contributed by atoms with van der Waals surface area (Å²) in [6.45, 7) is 2.31. The summed E-state index contributed by atoms with van der Waals surface area (Å²) in [4.78, 5) is 98.9. The van der Waals surface area contributed by atoms with Gasteiger partial charge >= 0.3 is 0 Å². The SMILES string of the molecule is CC(=O)COCNC(=O)CNC(=O)[C@H](Cc1ccccc1)NC(=O)CNC(=O)CNC(=O)CCC[n+]1ccccc1CCN1C(=O)CC(C)C1=O. The predicted octanol–water partition coefficient (Wildman–Crippen LogP) is -1.55. The zero-order valence-electron chi connectivity index (χ0n) is 28.9. The standard InChI is InChI=1S/C35H45N7O9/c1-24-17-33(48)42(35(24)50)16-13-27-11-6-7-14-41(27)15-8-12-29(44)36-19-30(45)37-21-32(47)40-28(18-26-9-4-3-5-10-26)34(49)38-20-31(46)39-23-51-22-25(2)43/h3-7,9-11,14,24,28H,8,12-13,15-23H2,1-2H3,(H4-,36,37,38,39,40,44,45,46,47,49)/p+1/t24?,28-/m0/s1. The van der Waals surface area contributed by atoms with Crippen LogP contribution in [0.2, 0.25) is 0 Å². The zero-order chi connectivity index (χ0) is 37.2. The molecule has 1 aliphatic heterocycles. The monoisotopic (exact) mass is 708 g/mol. The fraction of sp³-hybridized carbons (Fsp3) is 0.457. The van der Waals surface area contributed by atoms with E-state index in [1.807, 2.05) is 29.0 Å². The normalized spacial score (nSPS) is 14.4. The van der Waals surface area contributed by atoms with E-state index < -0.39 is 42.8 Å². The summed E-state index contributed by atoms with van der Waals surface area (Å²) in [5.74, 6) is -3.63. The number of amides is 7. The molecular formula is C35H46N7O9+. The van der Waals surface area contributed by atoms with Crippen molar-refractivity contribution < 1.29 is 47.7 Å². The van der Waals surface area contributed by atoms with E-state index in [-0.39, 0.29) is 68.6 Å². The number of rotatable bonds is 21.